The van der Waals surface area contributed by atoms with Gasteiger partial charge in [-0.15, -0.1) is 0 Å². The van der Waals surface area contributed by atoms with E-state index in [9.17, 15) is 0 Å². The molecule has 1 nitrogen and oxygen atoms in total. The van der Waals surface area contributed by atoms with Gasteiger partial charge in [0.05, 0.1) is 0 Å². The van der Waals surface area contributed by atoms with E-state index in [-0.39, 0.29) is 0 Å². The molecule has 1 N–H and O–H groups in total. The van der Waals surface area contributed by atoms with Crippen LogP contribution in [0.1, 0.15) is 29.7 Å². The zero-order chi connectivity index (χ0) is 14.7. The molecule has 0 bridgehead atoms. The summed E-state index contributed by atoms with van der Waals surface area (Å²) in [5.74, 6) is 0. The summed E-state index contributed by atoms with van der Waals surface area (Å²) in [6, 6.07) is 24.2. The lowest BCUT2D eigenvalue weighted by atomic mass is 9.99. The minimum absolute atomic E-state index is 0.331. The highest BCUT2D eigenvalue weighted by Crippen LogP contribution is 2.24. The van der Waals surface area contributed by atoms with E-state index in [0.29, 0.717) is 6.04 Å². The highest BCUT2D eigenvalue weighted by molar-refractivity contribution is 5.86. The molecule has 0 saturated heterocycles. The van der Waals surface area contributed by atoms with Crippen LogP contribution in [0.15, 0.2) is 66.7 Å². The van der Waals surface area contributed by atoms with E-state index in [2.05, 4.69) is 85.9 Å². The van der Waals surface area contributed by atoms with Gasteiger partial charge in [-0.3, -0.25) is 0 Å². The number of rotatable bonds is 4. The van der Waals surface area contributed by atoms with Crippen LogP contribution < -0.4 is 5.32 Å². The van der Waals surface area contributed by atoms with Crippen LogP contribution in [0, 0.1) is 6.92 Å². The van der Waals surface area contributed by atoms with Gasteiger partial charge in [-0.05, 0) is 35.7 Å². The molecule has 0 radical (unpaired) electrons. The van der Waals surface area contributed by atoms with Crippen LogP contribution in [-0.2, 0) is 6.54 Å². The van der Waals surface area contributed by atoms with Gasteiger partial charge in [-0.25, -0.2) is 0 Å². The highest BCUT2D eigenvalue weighted by Gasteiger charge is 2.08. The van der Waals surface area contributed by atoms with E-state index < -0.39 is 0 Å². The lowest BCUT2D eigenvalue weighted by molar-refractivity contribution is 0.578. The fourth-order valence-electron chi connectivity index (χ4n) is 2.71. The molecular formula is C20H21N. The normalized spacial score (nSPS) is 12.5. The summed E-state index contributed by atoms with van der Waals surface area (Å²) in [7, 11) is 0. The van der Waals surface area contributed by atoms with Crippen LogP contribution in [0.3, 0.4) is 0 Å². The van der Waals surface area contributed by atoms with Crippen molar-refractivity contribution in [2.24, 2.45) is 0 Å². The maximum atomic E-state index is 3.63. The van der Waals surface area contributed by atoms with Gasteiger partial charge in [0, 0.05) is 12.6 Å². The molecule has 21 heavy (non-hydrogen) atoms. The first-order valence-corrected chi connectivity index (χ1v) is 7.50. The second-order valence-corrected chi connectivity index (χ2v) is 5.66. The Hall–Kier alpha value is -2.12. The molecule has 3 aromatic rings. The Morgan fingerprint density at radius 2 is 1.57 bits per heavy atom. The third-order valence-corrected chi connectivity index (χ3v) is 4.02. The average molecular weight is 275 g/mol. The summed E-state index contributed by atoms with van der Waals surface area (Å²) in [6.45, 7) is 5.25. The van der Waals surface area contributed by atoms with Gasteiger partial charge in [-0.1, -0.05) is 72.3 Å². The fourth-order valence-corrected chi connectivity index (χ4v) is 2.71. The number of fused-ring (bicyclic) bond motifs is 1. The molecule has 0 saturated carbocycles. The number of hydrogen-bond donors (Lipinski definition) is 1. The van der Waals surface area contributed by atoms with Crippen molar-refractivity contribution in [1.29, 1.82) is 0 Å². The van der Waals surface area contributed by atoms with E-state index >= 15 is 0 Å². The van der Waals surface area contributed by atoms with Crippen molar-refractivity contribution in [2.75, 3.05) is 0 Å². The summed E-state index contributed by atoms with van der Waals surface area (Å²) in [6.07, 6.45) is 0. The van der Waals surface area contributed by atoms with Crippen LogP contribution in [-0.4, -0.2) is 0 Å². The SMILES string of the molecule is Cc1ccc(CNC(C)c2cccc3ccccc23)cc1. The minimum Gasteiger partial charge on any atom is -0.306 e. The Bertz CT molecular complexity index is 723. The third kappa shape index (κ3) is 3.14. The lowest BCUT2D eigenvalue weighted by Gasteiger charge is -2.17. The van der Waals surface area contributed by atoms with Crippen molar-refractivity contribution in [2.45, 2.75) is 26.4 Å². The van der Waals surface area contributed by atoms with Gasteiger partial charge in [0.1, 0.15) is 0 Å². The molecule has 0 heterocycles. The molecule has 0 aliphatic rings. The summed E-state index contributed by atoms with van der Waals surface area (Å²) in [4.78, 5) is 0. The molecule has 0 fully saturated rings. The van der Waals surface area contributed by atoms with Gasteiger partial charge in [0.15, 0.2) is 0 Å². The summed E-state index contributed by atoms with van der Waals surface area (Å²) < 4.78 is 0. The summed E-state index contributed by atoms with van der Waals surface area (Å²) in [5, 5.41) is 6.27. The van der Waals surface area contributed by atoms with Crippen LogP contribution in [0.2, 0.25) is 0 Å². The van der Waals surface area contributed by atoms with E-state index in [0.717, 1.165) is 6.54 Å². The third-order valence-electron chi connectivity index (χ3n) is 4.02. The fraction of sp³-hybridized carbons (Fsp3) is 0.200. The molecular weight excluding hydrogens is 254 g/mol. The smallest absolute Gasteiger partial charge is 0.0301 e. The predicted octanol–water partition coefficient (Wildman–Crippen LogP) is 5.00. The molecule has 0 spiro atoms. The Morgan fingerprint density at radius 3 is 2.38 bits per heavy atom. The average Bonchev–Trinajstić information content (AvgIpc) is 2.53. The molecule has 1 unspecified atom stereocenters. The van der Waals surface area contributed by atoms with Crippen molar-refractivity contribution in [3.63, 3.8) is 0 Å². The highest BCUT2D eigenvalue weighted by atomic mass is 14.9. The zero-order valence-electron chi connectivity index (χ0n) is 12.6. The van der Waals surface area contributed by atoms with E-state index in [1.807, 2.05) is 0 Å². The molecule has 0 amide bonds. The van der Waals surface area contributed by atoms with Gasteiger partial charge in [0.25, 0.3) is 0 Å². The first-order valence-electron chi connectivity index (χ1n) is 7.50. The standard InChI is InChI=1S/C20H21N/c1-15-10-12-17(13-11-15)14-21-16(2)19-9-5-7-18-6-3-4-8-20(18)19/h3-13,16,21H,14H2,1-2H3. The van der Waals surface area contributed by atoms with Crippen LogP contribution >= 0.6 is 0 Å². The van der Waals surface area contributed by atoms with Gasteiger partial charge < -0.3 is 5.32 Å². The summed E-state index contributed by atoms with van der Waals surface area (Å²) >= 11 is 0. The van der Waals surface area contributed by atoms with E-state index in [1.165, 1.54) is 27.5 Å². The molecule has 1 heteroatoms. The maximum absolute atomic E-state index is 3.63. The number of nitrogens with one attached hydrogen (secondary N) is 1. The van der Waals surface area contributed by atoms with E-state index in [1.54, 1.807) is 0 Å². The second kappa shape index (κ2) is 6.11. The van der Waals surface area contributed by atoms with Gasteiger partial charge >= 0.3 is 0 Å². The molecule has 0 aromatic heterocycles. The first-order chi connectivity index (χ1) is 10.2. The van der Waals surface area contributed by atoms with Gasteiger partial charge in [0.2, 0.25) is 0 Å². The monoisotopic (exact) mass is 275 g/mol. The number of benzene rings is 3. The molecule has 1 atom stereocenters. The summed E-state index contributed by atoms with van der Waals surface area (Å²) in [5.41, 5.74) is 3.99. The van der Waals surface area contributed by atoms with Crippen molar-refractivity contribution in [1.82, 2.24) is 5.32 Å². The molecule has 0 aliphatic heterocycles. The molecule has 0 aliphatic carbocycles. The Balaban J connectivity index is 1.78. The van der Waals surface area contributed by atoms with Crippen LogP contribution in [0.4, 0.5) is 0 Å². The van der Waals surface area contributed by atoms with Crippen molar-refractivity contribution >= 4 is 10.8 Å². The van der Waals surface area contributed by atoms with Gasteiger partial charge in [-0.2, -0.15) is 0 Å². The quantitative estimate of drug-likeness (QED) is 0.706. The number of aryl methyl sites for hydroxylation is 1. The maximum Gasteiger partial charge on any atom is 0.0301 e. The van der Waals surface area contributed by atoms with Crippen molar-refractivity contribution in [3.8, 4) is 0 Å². The lowest BCUT2D eigenvalue weighted by Crippen LogP contribution is -2.18. The second-order valence-electron chi connectivity index (χ2n) is 5.66. The van der Waals surface area contributed by atoms with Crippen molar-refractivity contribution in [3.05, 3.63) is 83.4 Å². The van der Waals surface area contributed by atoms with Crippen LogP contribution in [0.25, 0.3) is 10.8 Å². The van der Waals surface area contributed by atoms with E-state index in [4.69, 9.17) is 0 Å². The van der Waals surface area contributed by atoms with Crippen LogP contribution in [0.5, 0.6) is 0 Å². The molecule has 106 valence electrons. The largest absolute Gasteiger partial charge is 0.306 e. The molecule has 3 aromatic carbocycles. The Labute approximate surface area is 126 Å². The zero-order valence-corrected chi connectivity index (χ0v) is 12.6. The Morgan fingerprint density at radius 1 is 0.857 bits per heavy atom. The van der Waals surface area contributed by atoms with Crippen molar-refractivity contribution < 1.29 is 0 Å². The Kier molecular flexibility index (Phi) is 4.03. The minimum atomic E-state index is 0.331. The predicted molar refractivity (Wildman–Crippen MR) is 90.4 cm³/mol. The first kappa shape index (κ1) is 13.8. The molecule has 3 rings (SSSR count). The topological polar surface area (TPSA) is 12.0 Å². The number of hydrogen-bond acceptors (Lipinski definition) is 1.